The fourth-order valence-corrected chi connectivity index (χ4v) is 3.54. The number of amides is 1. The Labute approximate surface area is 134 Å². The van der Waals surface area contributed by atoms with Gasteiger partial charge in [0.05, 0.1) is 16.3 Å². The number of nitrogens with one attached hydrogen (secondary N) is 1. The topological polar surface area (TPSA) is 62.2 Å². The molecular weight excluding hydrogens is 296 g/mol. The van der Waals surface area contributed by atoms with Crippen molar-refractivity contribution >= 4 is 17.7 Å². The van der Waals surface area contributed by atoms with Crippen molar-refractivity contribution in [1.29, 1.82) is 0 Å². The molecule has 4 nitrogen and oxygen atoms in total. The lowest BCUT2D eigenvalue weighted by atomic mass is 10.1. The summed E-state index contributed by atoms with van der Waals surface area (Å²) in [7, 11) is 0. The van der Waals surface area contributed by atoms with Crippen molar-refractivity contribution in [2.75, 3.05) is 0 Å². The summed E-state index contributed by atoms with van der Waals surface area (Å²) in [5.41, 5.74) is 1.99. The number of thioether (sulfide) groups is 1. The first kappa shape index (κ1) is 14.9. The van der Waals surface area contributed by atoms with Crippen LogP contribution in [0.25, 0.3) is 0 Å². The molecule has 3 rings (SSSR count). The van der Waals surface area contributed by atoms with Gasteiger partial charge in [0.1, 0.15) is 5.75 Å². The number of phenols is 1. The number of aromatic nitrogens is 1. The van der Waals surface area contributed by atoms with Crippen LogP contribution >= 0.6 is 11.8 Å². The Morgan fingerprint density at radius 1 is 1.36 bits per heavy atom. The fraction of sp³-hybridized carbons (Fsp3) is 0.294. The van der Waals surface area contributed by atoms with Crippen LogP contribution in [0.4, 0.5) is 0 Å². The van der Waals surface area contributed by atoms with E-state index in [-0.39, 0.29) is 17.2 Å². The molecule has 2 N–H and O–H groups in total. The SMILES string of the molecule is C[C@@H](Sc1ccccn1)C(=O)N[C@@H]1CCc2c(O)cccc21. The molecule has 1 aliphatic carbocycles. The maximum Gasteiger partial charge on any atom is 0.233 e. The third-order valence-electron chi connectivity index (χ3n) is 3.87. The number of hydrogen-bond donors (Lipinski definition) is 2. The molecule has 0 fully saturated rings. The van der Waals surface area contributed by atoms with E-state index in [0.29, 0.717) is 5.75 Å². The van der Waals surface area contributed by atoms with Crippen molar-refractivity contribution in [3.05, 3.63) is 53.7 Å². The third kappa shape index (κ3) is 3.09. The van der Waals surface area contributed by atoms with Crippen LogP contribution in [-0.2, 0) is 11.2 Å². The van der Waals surface area contributed by atoms with Gasteiger partial charge in [-0.25, -0.2) is 4.98 Å². The van der Waals surface area contributed by atoms with E-state index in [4.69, 9.17) is 0 Å². The molecular formula is C17H18N2O2S. The lowest BCUT2D eigenvalue weighted by Crippen LogP contribution is -2.33. The van der Waals surface area contributed by atoms with Crippen LogP contribution in [0.5, 0.6) is 5.75 Å². The highest BCUT2D eigenvalue weighted by Crippen LogP contribution is 2.36. The minimum Gasteiger partial charge on any atom is -0.508 e. The fourth-order valence-electron chi connectivity index (χ4n) is 2.73. The Morgan fingerprint density at radius 2 is 2.23 bits per heavy atom. The predicted molar refractivity (Wildman–Crippen MR) is 86.9 cm³/mol. The molecule has 0 saturated heterocycles. The first-order chi connectivity index (χ1) is 10.6. The minimum absolute atomic E-state index is 0.00292. The maximum atomic E-state index is 12.4. The second-order valence-electron chi connectivity index (χ2n) is 5.37. The number of aromatic hydroxyl groups is 1. The highest BCUT2D eigenvalue weighted by molar-refractivity contribution is 8.00. The largest absolute Gasteiger partial charge is 0.508 e. The molecule has 1 aromatic carbocycles. The van der Waals surface area contributed by atoms with Gasteiger partial charge < -0.3 is 10.4 Å². The van der Waals surface area contributed by atoms with Gasteiger partial charge in [0.25, 0.3) is 0 Å². The Kier molecular flexibility index (Phi) is 4.34. The van der Waals surface area contributed by atoms with Crippen molar-refractivity contribution in [2.45, 2.75) is 36.1 Å². The van der Waals surface area contributed by atoms with Crippen molar-refractivity contribution in [3.8, 4) is 5.75 Å². The smallest absolute Gasteiger partial charge is 0.233 e. The Hall–Kier alpha value is -2.01. The van der Waals surface area contributed by atoms with E-state index in [1.807, 2.05) is 37.3 Å². The van der Waals surface area contributed by atoms with Crippen molar-refractivity contribution in [2.24, 2.45) is 0 Å². The molecule has 2 atom stereocenters. The molecule has 1 amide bonds. The molecule has 114 valence electrons. The van der Waals surface area contributed by atoms with Gasteiger partial charge in [-0.2, -0.15) is 0 Å². The average molecular weight is 314 g/mol. The minimum atomic E-state index is -0.212. The number of benzene rings is 1. The summed E-state index contributed by atoms with van der Waals surface area (Å²) in [4.78, 5) is 16.6. The van der Waals surface area contributed by atoms with Gasteiger partial charge in [0, 0.05) is 6.20 Å². The normalized spacial score (nSPS) is 17.8. The summed E-state index contributed by atoms with van der Waals surface area (Å²) in [6.45, 7) is 1.88. The number of fused-ring (bicyclic) bond motifs is 1. The summed E-state index contributed by atoms with van der Waals surface area (Å²) in [5.74, 6) is 0.321. The predicted octanol–water partition coefficient (Wildman–Crippen LogP) is 3.07. The third-order valence-corrected chi connectivity index (χ3v) is 4.92. The quantitative estimate of drug-likeness (QED) is 0.851. The van der Waals surface area contributed by atoms with Crippen LogP contribution in [0.2, 0.25) is 0 Å². The van der Waals surface area contributed by atoms with Crippen molar-refractivity contribution in [1.82, 2.24) is 10.3 Å². The van der Waals surface area contributed by atoms with Crippen LogP contribution in [0.1, 0.15) is 30.5 Å². The molecule has 5 heteroatoms. The molecule has 2 aromatic rings. The van der Waals surface area contributed by atoms with Crippen molar-refractivity contribution in [3.63, 3.8) is 0 Å². The van der Waals surface area contributed by atoms with Crippen LogP contribution in [0.15, 0.2) is 47.6 Å². The number of rotatable bonds is 4. The summed E-state index contributed by atoms with van der Waals surface area (Å²) < 4.78 is 0. The molecule has 0 saturated carbocycles. The second-order valence-corrected chi connectivity index (χ2v) is 6.73. The Balaban J connectivity index is 1.65. The van der Waals surface area contributed by atoms with Gasteiger partial charge in [-0.3, -0.25) is 4.79 Å². The van der Waals surface area contributed by atoms with E-state index in [0.717, 1.165) is 29.0 Å². The molecule has 22 heavy (non-hydrogen) atoms. The summed E-state index contributed by atoms with van der Waals surface area (Å²) in [5, 5.41) is 13.6. The highest BCUT2D eigenvalue weighted by Gasteiger charge is 2.27. The van der Waals surface area contributed by atoms with Gasteiger partial charge >= 0.3 is 0 Å². The van der Waals surface area contributed by atoms with Gasteiger partial charge in [0.2, 0.25) is 5.91 Å². The standard InChI is InChI=1S/C17H18N2O2S/c1-11(22-16-7-2-3-10-18-16)17(21)19-14-9-8-13-12(14)5-4-6-15(13)20/h2-7,10-11,14,20H,8-9H2,1H3,(H,19,21)/t11-,14-/m1/s1. The average Bonchev–Trinajstić information content (AvgIpc) is 2.93. The number of phenolic OH excluding ortho intramolecular Hbond substituents is 1. The maximum absolute atomic E-state index is 12.4. The number of carbonyl (C=O) groups excluding carboxylic acids is 1. The van der Waals surface area contributed by atoms with Crippen LogP contribution in [-0.4, -0.2) is 21.2 Å². The van der Waals surface area contributed by atoms with E-state index < -0.39 is 0 Å². The van der Waals surface area contributed by atoms with E-state index in [1.165, 1.54) is 11.8 Å². The molecule has 0 aliphatic heterocycles. The highest BCUT2D eigenvalue weighted by atomic mass is 32.2. The van der Waals surface area contributed by atoms with E-state index in [2.05, 4.69) is 10.3 Å². The summed E-state index contributed by atoms with van der Waals surface area (Å²) >= 11 is 1.45. The molecule has 0 radical (unpaired) electrons. The zero-order chi connectivity index (χ0) is 15.5. The lowest BCUT2D eigenvalue weighted by molar-refractivity contribution is -0.121. The lowest BCUT2D eigenvalue weighted by Gasteiger charge is -2.17. The molecule has 1 aliphatic rings. The molecule has 0 unspecified atom stereocenters. The number of pyridine rings is 1. The van der Waals surface area contributed by atoms with Crippen LogP contribution < -0.4 is 5.32 Å². The van der Waals surface area contributed by atoms with E-state index in [9.17, 15) is 9.90 Å². The Bertz CT molecular complexity index is 676. The molecule has 0 bridgehead atoms. The van der Waals surface area contributed by atoms with E-state index >= 15 is 0 Å². The number of carbonyl (C=O) groups is 1. The van der Waals surface area contributed by atoms with Gasteiger partial charge in [-0.1, -0.05) is 30.0 Å². The number of hydrogen-bond acceptors (Lipinski definition) is 4. The number of nitrogens with zero attached hydrogens (tertiary/aromatic N) is 1. The van der Waals surface area contributed by atoms with Crippen LogP contribution in [0, 0.1) is 0 Å². The van der Waals surface area contributed by atoms with Crippen molar-refractivity contribution < 1.29 is 9.90 Å². The van der Waals surface area contributed by atoms with E-state index in [1.54, 1.807) is 12.3 Å². The summed E-state index contributed by atoms with van der Waals surface area (Å²) in [6.07, 6.45) is 3.36. The Morgan fingerprint density at radius 3 is 3.00 bits per heavy atom. The second kappa shape index (κ2) is 6.40. The monoisotopic (exact) mass is 314 g/mol. The zero-order valence-corrected chi connectivity index (χ0v) is 13.1. The van der Waals surface area contributed by atoms with Gasteiger partial charge in [-0.05, 0) is 49.1 Å². The molecule has 0 spiro atoms. The first-order valence-corrected chi connectivity index (χ1v) is 8.22. The summed E-state index contributed by atoms with van der Waals surface area (Å²) in [6, 6.07) is 11.2. The molecule has 1 heterocycles. The van der Waals surface area contributed by atoms with Crippen LogP contribution in [0.3, 0.4) is 0 Å². The molecule has 1 aromatic heterocycles. The van der Waals surface area contributed by atoms with Gasteiger partial charge in [0.15, 0.2) is 0 Å². The van der Waals surface area contributed by atoms with Gasteiger partial charge in [-0.15, -0.1) is 0 Å². The zero-order valence-electron chi connectivity index (χ0n) is 12.3. The first-order valence-electron chi connectivity index (χ1n) is 7.34.